The Hall–Kier alpha value is -2.63. The summed E-state index contributed by atoms with van der Waals surface area (Å²) in [5.41, 5.74) is 2.87. The van der Waals surface area contributed by atoms with Crippen LogP contribution in [0.25, 0.3) is 11.3 Å². The zero-order chi connectivity index (χ0) is 22.2. The zero-order valence-corrected chi connectivity index (χ0v) is 19.3. The van der Waals surface area contributed by atoms with Crippen molar-refractivity contribution in [3.63, 3.8) is 0 Å². The van der Waals surface area contributed by atoms with Gasteiger partial charge in [0, 0.05) is 24.7 Å². The van der Waals surface area contributed by atoms with Crippen molar-refractivity contribution in [1.82, 2.24) is 9.88 Å². The number of carbonyl (C=O) groups excluding carboxylic acids is 1. The van der Waals surface area contributed by atoms with E-state index in [1.165, 1.54) is 32.1 Å². The number of nitrogens with zero attached hydrogens (tertiary/aromatic N) is 1. The van der Waals surface area contributed by atoms with Gasteiger partial charge in [-0.15, -0.1) is 0 Å². The van der Waals surface area contributed by atoms with Crippen molar-refractivity contribution < 1.29 is 19.0 Å². The normalized spacial score (nSPS) is 14.3. The third-order valence-corrected chi connectivity index (χ3v) is 6.17. The Morgan fingerprint density at radius 1 is 1.10 bits per heavy atom. The number of benzene rings is 1. The van der Waals surface area contributed by atoms with Crippen LogP contribution < -0.4 is 19.5 Å². The average molecular weight is 429 g/mol. The van der Waals surface area contributed by atoms with E-state index < -0.39 is 6.09 Å². The molecule has 0 saturated heterocycles. The van der Waals surface area contributed by atoms with Crippen LogP contribution in [0.1, 0.15) is 57.6 Å². The predicted octanol–water partition coefficient (Wildman–Crippen LogP) is 5.95. The van der Waals surface area contributed by atoms with E-state index in [4.69, 9.17) is 14.2 Å². The molecule has 0 unspecified atom stereocenters. The maximum atomic E-state index is 12.3. The summed E-state index contributed by atoms with van der Waals surface area (Å²) >= 11 is 0. The second-order valence-electron chi connectivity index (χ2n) is 8.33. The maximum Gasteiger partial charge on any atom is 0.412 e. The minimum Gasteiger partial charge on any atom is -0.497 e. The van der Waals surface area contributed by atoms with Crippen molar-refractivity contribution in [3.8, 4) is 28.5 Å². The predicted molar refractivity (Wildman–Crippen MR) is 123 cm³/mol. The van der Waals surface area contributed by atoms with Gasteiger partial charge in [-0.05, 0) is 50.3 Å². The van der Waals surface area contributed by atoms with Crippen LogP contribution >= 0.6 is 0 Å². The fourth-order valence-electron chi connectivity index (χ4n) is 4.33. The van der Waals surface area contributed by atoms with E-state index in [2.05, 4.69) is 16.8 Å². The van der Waals surface area contributed by atoms with Crippen molar-refractivity contribution >= 4 is 6.09 Å². The summed E-state index contributed by atoms with van der Waals surface area (Å²) in [5, 5.41) is 2.83. The lowest BCUT2D eigenvalue weighted by molar-refractivity contribution is 0.200. The summed E-state index contributed by atoms with van der Waals surface area (Å²) in [4.78, 5) is 12.3. The summed E-state index contributed by atoms with van der Waals surface area (Å²) in [5.74, 6) is 2.74. The first kappa shape index (κ1) is 23.0. The molecule has 0 atom stereocenters. The number of hydrogen-bond acceptors (Lipinski definition) is 4. The van der Waals surface area contributed by atoms with E-state index in [1.807, 2.05) is 31.2 Å². The summed E-state index contributed by atoms with van der Waals surface area (Å²) < 4.78 is 19.1. The van der Waals surface area contributed by atoms with Crippen LogP contribution in [0.4, 0.5) is 4.79 Å². The summed E-state index contributed by atoms with van der Waals surface area (Å²) in [6.07, 6.45) is 7.91. The van der Waals surface area contributed by atoms with E-state index in [9.17, 15) is 4.79 Å². The van der Waals surface area contributed by atoms with Gasteiger partial charge in [-0.3, -0.25) is 0 Å². The molecule has 6 nitrogen and oxygen atoms in total. The second-order valence-corrected chi connectivity index (χ2v) is 8.33. The largest absolute Gasteiger partial charge is 0.497 e. The van der Waals surface area contributed by atoms with Gasteiger partial charge in [-0.25, -0.2) is 4.79 Å². The van der Waals surface area contributed by atoms with Gasteiger partial charge in [0.1, 0.15) is 11.5 Å². The lowest BCUT2D eigenvalue weighted by atomic mass is 9.89. The topological polar surface area (TPSA) is 61.7 Å². The van der Waals surface area contributed by atoms with E-state index in [0.717, 1.165) is 47.8 Å². The number of aromatic nitrogens is 1. The van der Waals surface area contributed by atoms with Gasteiger partial charge in [0.2, 0.25) is 0 Å². The lowest BCUT2D eigenvalue weighted by Crippen LogP contribution is -2.27. The molecule has 0 spiro atoms. The molecule has 1 aliphatic rings. The van der Waals surface area contributed by atoms with Crippen molar-refractivity contribution in [2.24, 2.45) is 5.92 Å². The van der Waals surface area contributed by atoms with Gasteiger partial charge in [-0.1, -0.05) is 32.6 Å². The third kappa shape index (κ3) is 5.75. The first-order chi connectivity index (χ1) is 15.1. The van der Waals surface area contributed by atoms with Gasteiger partial charge in [0.25, 0.3) is 0 Å². The number of rotatable bonds is 9. The number of ether oxygens (including phenoxy) is 3. The molecule has 1 aromatic heterocycles. The van der Waals surface area contributed by atoms with Gasteiger partial charge in [0.05, 0.1) is 25.6 Å². The standard InChI is InChI=1S/C25H36N2O4/c1-5-6-14-26-25(28)31-24-16-22(21-15-20(29-3)12-13-23(21)30-4)27(18(24)2)17-19-10-8-7-9-11-19/h12-13,15-16,19H,5-11,14,17H2,1-4H3,(H,26,28). The van der Waals surface area contributed by atoms with Crippen LogP contribution in [0.3, 0.4) is 0 Å². The Morgan fingerprint density at radius 2 is 1.87 bits per heavy atom. The fourth-order valence-corrected chi connectivity index (χ4v) is 4.33. The number of methoxy groups -OCH3 is 2. The van der Waals surface area contributed by atoms with Crippen LogP contribution in [-0.4, -0.2) is 31.4 Å². The van der Waals surface area contributed by atoms with Crippen LogP contribution in [0, 0.1) is 12.8 Å². The molecule has 1 saturated carbocycles. The highest BCUT2D eigenvalue weighted by molar-refractivity contribution is 5.75. The molecule has 1 amide bonds. The SMILES string of the molecule is CCCCNC(=O)Oc1cc(-c2cc(OC)ccc2OC)n(CC2CCCCC2)c1C. The van der Waals surface area contributed by atoms with Gasteiger partial charge in [0.15, 0.2) is 5.75 Å². The summed E-state index contributed by atoms with van der Waals surface area (Å²) in [7, 11) is 3.33. The lowest BCUT2D eigenvalue weighted by Gasteiger charge is -2.24. The quantitative estimate of drug-likeness (QED) is 0.501. The molecule has 6 heteroatoms. The Kier molecular flexibility index (Phi) is 8.27. The molecule has 0 radical (unpaired) electrons. The Balaban J connectivity index is 1.97. The second kappa shape index (κ2) is 11.1. The maximum absolute atomic E-state index is 12.3. The molecular weight excluding hydrogens is 392 g/mol. The highest BCUT2D eigenvalue weighted by Crippen LogP contribution is 2.39. The molecular formula is C25H36N2O4. The molecule has 1 fully saturated rings. The van der Waals surface area contributed by atoms with Gasteiger partial charge >= 0.3 is 6.09 Å². The van der Waals surface area contributed by atoms with E-state index in [0.29, 0.717) is 18.2 Å². The third-order valence-electron chi connectivity index (χ3n) is 6.17. The highest BCUT2D eigenvalue weighted by atomic mass is 16.6. The number of carbonyl (C=O) groups is 1. The molecule has 0 bridgehead atoms. The minimum absolute atomic E-state index is 0.407. The number of nitrogens with one attached hydrogen (secondary N) is 1. The molecule has 0 aliphatic heterocycles. The van der Waals surface area contributed by atoms with Gasteiger partial charge < -0.3 is 24.1 Å². The molecule has 1 heterocycles. The number of amides is 1. The highest BCUT2D eigenvalue weighted by Gasteiger charge is 2.23. The molecule has 2 aromatic rings. The summed E-state index contributed by atoms with van der Waals surface area (Å²) in [6, 6.07) is 7.74. The molecule has 1 aliphatic carbocycles. The molecule has 3 rings (SSSR count). The zero-order valence-electron chi connectivity index (χ0n) is 19.3. The Labute approximate surface area is 185 Å². The first-order valence-corrected chi connectivity index (χ1v) is 11.5. The fraction of sp³-hybridized carbons (Fsp3) is 0.560. The van der Waals surface area contributed by atoms with E-state index >= 15 is 0 Å². The molecule has 31 heavy (non-hydrogen) atoms. The van der Waals surface area contributed by atoms with Crippen molar-refractivity contribution in [3.05, 3.63) is 30.0 Å². The van der Waals surface area contributed by atoms with Crippen molar-refractivity contribution in [2.75, 3.05) is 20.8 Å². The molecule has 1 N–H and O–H groups in total. The van der Waals surface area contributed by atoms with Crippen LogP contribution in [-0.2, 0) is 6.54 Å². The van der Waals surface area contributed by atoms with Crippen LogP contribution in [0.15, 0.2) is 24.3 Å². The molecule has 1 aromatic carbocycles. The number of hydrogen-bond donors (Lipinski definition) is 1. The van der Waals surface area contributed by atoms with E-state index in [1.54, 1.807) is 14.2 Å². The average Bonchev–Trinajstić information content (AvgIpc) is 3.09. The van der Waals surface area contributed by atoms with E-state index in [-0.39, 0.29) is 0 Å². The van der Waals surface area contributed by atoms with Crippen LogP contribution in [0.2, 0.25) is 0 Å². The van der Waals surface area contributed by atoms with Gasteiger partial charge in [-0.2, -0.15) is 0 Å². The molecule has 170 valence electrons. The monoisotopic (exact) mass is 428 g/mol. The number of unbranched alkanes of at least 4 members (excludes halogenated alkanes) is 1. The Bertz CT molecular complexity index is 869. The van der Waals surface area contributed by atoms with Crippen molar-refractivity contribution in [2.45, 2.75) is 65.3 Å². The minimum atomic E-state index is -0.407. The summed E-state index contributed by atoms with van der Waals surface area (Å²) in [6.45, 7) is 5.64. The smallest absolute Gasteiger partial charge is 0.412 e. The van der Waals surface area contributed by atoms with Crippen molar-refractivity contribution in [1.29, 1.82) is 0 Å². The Morgan fingerprint density at radius 3 is 2.55 bits per heavy atom. The van der Waals surface area contributed by atoms with Crippen LogP contribution in [0.5, 0.6) is 17.2 Å². The first-order valence-electron chi connectivity index (χ1n) is 11.5.